The molecule has 0 rings (SSSR count). The Kier molecular flexibility index (Phi) is 6.83. The molecule has 0 aliphatic heterocycles. The summed E-state index contributed by atoms with van der Waals surface area (Å²) in [6, 6.07) is 0. The van der Waals surface area contributed by atoms with E-state index in [9.17, 15) is 19.8 Å². The number of nitrogens with one attached hydrogen (secondary N) is 2. The molecule has 0 atom stereocenters. The number of hydrogen-bond acceptors (Lipinski definition) is 4. The molecule has 0 saturated heterocycles. The van der Waals surface area contributed by atoms with E-state index in [-0.39, 0.29) is 13.1 Å². The molecule has 0 fully saturated rings. The van der Waals surface area contributed by atoms with Crippen molar-refractivity contribution in [1.82, 2.24) is 10.6 Å². The summed E-state index contributed by atoms with van der Waals surface area (Å²) in [5, 5.41) is 24.6. The van der Waals surface area contributed by atoms with Gasteiger partial charge in [0.15, 0.2) is 0 Å². The zero-order chi connectivity index (χ0) is 16.9. The van der Waals surface area contributed by atoms with Gasteiger partial charge in [-0.3, -0.25) is 9.59 Å². The number of carbonyl (C=O) groups excluding carboxylic acids is 2. The van der Waals surface area contributed by atoms with Crippen molar-refractivity contribution in [3.8, 4) is 0 Å². The van der Waals surface area contributed by atoms with E-state index >= 15 is 0 Å². The zero-order valence-corrected chi connectivity index (χ0v) is 14.0. The van der Waals surface area contributed by atoms with Crippen LogP contribution in [0.5, 0.6) is 0 Å². The van der Waals surface area contributed by atoms with Gasteiger partial charge in [0.2, 0.25) is 11.8 Å². The Bertz CT molecular complexity index is 331. The largest absolute Gasteiger partial charge is 0.389 e. The van der Waals surface area contributed by atoms with Crippen LogP contribution in [0, 0.1) is 5.41 Å². The molecule has 0 unspecified atom stereocenters. The molecular weight excluding hydrogens is 272 g/mol. The summed E-state index contributed by atoms with van der Waals surface area (Å²) in [6.07, 6.45) is 0.692. The lowest BCUT2D eigenvalue weighted by Crippen LogP contribution is -2.54. The molecule has 21 heavy (non-hydrogen) atoms. The number of aliphatic hydroxyl groups is 2. The Morgan fingerprint density at radius 3 is 1.29 bits per heavy atom. The topological polar surface area (TPSA) is 98.7 Å². The van der Waals surface area contributed by atoms with Crippen molar-refractivity contribution in [2.24, 2.45) is 5.41 Å². The lowest BCUT2D eigenvalue weighted by Gasteiger charge is -2.31. The highest BCUT2D eigenvalue weighted by Gasteiger charge is 2.43. The average molecular weight is 302 g/mol. The normalized spacial score (nSPS) is 13.0. The SMILES string of the molecule is CCC(CC)(C(=O)NCC(C)(C)O)C(=O)NCC(C)(C)O. The summed E-state index contributed by atoms with van der Waals surface area (Å²) in [5.41, 5.74) is -3.25. The zero-order valence-electron chi connectivity index (χ0n) is 14.0. The molecule has 0 saturated carbocycles. The minimum Gasteiger partial charge on any atom is -0.389 e. The van der Waals surface area contributed by atoms with Crippen molar-refractivity contribution in [1.29, 1.82) is 0 Å². The van der Waals surface area contributed by atoms with Gasteiger partial charge >= 0.3 is 0 Å². The van der Waals surface area contributed by atoms with Crippen molar-refractivity contribution in [3.05, 3.63) is 0 Å². The van der Waals surface area contributed by atoms with Gasteiger partial charge in [0, 0.05) is 13.1 Å². The number of amides is 2. The van der Waals surface area contributed by atoms with Gasteiger partial charge in [-0.05, 0) is 40.5 Å². The molecule has 0 aliphatic carbocycles. The minimum absolute atomic E-state index is 0.0758. The predicted octanol–water partition coefficient (Wildman–Crippen LogP) is 0.567. The second-order valence-electron chi connectivity index (χ2n) is 6.78. The Labute approximate surface area is 127 Å². The van der Waals surface area contributed by atoms with Gasteiger partial charge in [-0.1, -0.05) is 13.8 Å². The van der Waals surface area contributed by atoms with E-state index in [2.05, 4.69) is 10.6 Å². The summed E-state index contributed by atoms with van der Waals surface area (Å²) in [4.78, 5) is 24.8. The van der Waals surface area contributed by atoms with Gasteiger partial charge < -0.3 is 20.8 Å². The van der Waals surface area contributed by atoms with Gasteiger partial charge in [0.1, 0.15) is 5.41 Å². The second-order valence-corrected chi connectivity index (χ2v) is 6.78. The predicted molar refractivity (Wildman–Crippen MR) is 81.6 cm³/mol. The number of rotatable bonds is 8. The van der Waals surface area contributed by atoms with Crippen LogP contribution in [-0.4, -0.2) is 46.3 Å². The molecule has 0 aliphatic rings. The Morgan fingerprint density at radius 2 is 1.10 bits per heavy atom. The third-order valence-electron chi connectivity index (χ3n) is 3.44. The van der Waals surface area contributed by atoms with Crippen molar-refractivity contribution in [2.75, 3.05) is 13.1 Å². The maximum Gasteiger partial charge on any atom is 0.235 e. The van der Waals surface area contributed by atoms with Gasteiger partial charge in [-0.2, -0.15) is 0 Å². The van der Waals surface area contributed by atoms with E-state index in [4.69, 9.17) is 0 Å². The van der Waals surface area contributed by atoms with Gasteiger partial charge in [0.05, 0.1) is 11.2 Å². The first-order valence-electron chi connectivity index (χ1n) is 7.39. The minimum atomic E-state index is -1.18. The first-order valence-corrected chi connectivity index (χ1v) is 7.39. The average Bonchev–Trinajstić information content (AvgIpc) is 2.34. The standard InChI is InChI=1S/C15H30N2O4/c1-7-15(8-2,11(18)16-9-13(3,4)20)12(19)17-10-14(5,6)21/h20-21H,7-10H2,1-6H3,(H,16,18)(H,17,19). The van der Waals surface area contributed by atoms with Crippen LogP contribution in [0.4, 0.5) is 0 Å². The van der Waals surface area contributed by atoms with Crippen LogP contribution in [0.2, 0.25) is 0 Å². The molecule has 0 spiro atoms. The fourth-order valence-electron chi connectivity index (χ4n) is 1.93. The third kappa shape index (κ3) is 6.44. The summed E-state index contributed by atoms with van der Waals surface area (Å²) in [6.45, 7) is 10.0. The number of hydrogen-bond donors (Lipinski definition) is 4. The molecule has 6 nitrogen and oxygen atoms in total. The smallest absolute Gasteiger partial charge is 0.235 e. The fourth-order valence-corrected chi connectivity index (χ4v) is 1.93. The molecule has 6 heteroatoms. The Balaban J connectivity index is 4.97. The first-order chi connectivity index (χ1) is 9.38. The molecule has 2 amide bonds. The summed E-state index contributed by atoms with van der Waals surface area (Å²) in [5.74, 6) is -0.800. The van der Waals surface area contributed by atoms with E-state index in [1.807, 2.05) is 0 Å². The van der Waals surface area contributed by atoms with Crippen LogP contribution in [0.1, 0.15) is 54.4 Å². The lowest BCUT2D eigenvalue weighted by atomic mass is 9.80. The molecule has 0 heterocycles. The molecule has 124 valence electrons. The van der Waals surface area contributed by atoms with Crippen LogP contribution < -0.4 is 10.6 Å². The molecular formula is C15H30N2O4. The molecule has 0 aromatic carbocycles. The van der Waals surface area contributed by atoms with E-state index < -0.39 is 28.4 Å². The summed E-state index contributed by atoms with van der Waals surface area (Å²) in [7, 11) is 0. The quantitative estimate of drug-likeness (QED) is 0.493. The highest BCUT2D eigenvalue weighted by atomic mass is 16.3. The molecule has 0 aromatic rings. The van der Waals surface area contributed by atoms with Crippen molar-refractivity contribution in [2.45, 2.75) is 65.6 Å². The van der Waals surface area contributed by atoms with Crippen LogP contribution in [0.15, 0.2) is 0 Å². The van der Waals surface area contributed by atoms with Crippen molar-refractivity contribution < 1.29 is 19.8 Å². The van der Waals surface area contributed by atoms with Crippen molar-refractivity contribution in [3.63, 3.8) is 0 Å². The molecule has 0 bridgehead atoms. The number of carbonyl (C=O) groups is 2. The van der Waals surface area contributed by atoms with Crippen LogP contribution in [-0.2, 0) is 9.59 Å². The van der Waals surface area contributed by atoms with Crippen LogP contribution in [0.3, 0.4) is 0 Å². The molecule has 0 aromatic heterocycles. The van der Waals surface area contributed by atoms with Crippen LogP contribution in [0.25, 0.3) is 0 Å². The molecule has 0 radical (unpaired) electrons. The maximum atomic E-state index is 12.4. The lowest BCUT2D eigenvalue weighted by molar-refractivity contribution is -0.145. The second kappa shape index (κ2) is 7.22. The van der Waals surface area contributed by atoms with E-state index in [0.29, 0.717) is 12.8 Å². The highest BCUT2D eigenvalue weighted by molar-refractivity contribution is 6.05. The summed E-state index contributed by atoms with van der Waals surface area (Å²) >= 11 is 0. The Morgan fingerprint density at radius 1 is 0.810 bits per heavy atom. The van der Waals surface area contributed by atoms with Gasteiger partial charge in [-0.15, -0.1) is 0 Å². The van der Waals surface area contributed by atoms with E-state index in [1.165, 1.54) is 0 Å². The van der Waals surface area contributed by atoms with Gasteiger partial charge in [0.25, 0.3) is 0 Å². The highest BCUT2D eigenvalue weighted by Crippen LogP contribution is 2.27. The Hall–Kier alpha value is -1.14. The summed E-state index contributed by atoms with van der Waals surface area (Å²) < 4.78 is 0. The van der Waals surface area contributed by atoms with Crippen molar-refractivity contribution >= 4 is 11.8 Å². The third-order valence-corrected chi connectivity index (χ3v) is 3.44. The van der Waals surface area contributed by atoms with Gasteiger partial charge in [-0.25, -0.2) is 0 Å². The fraction of sp³-hybridized carbons (Fsp3) is 0.867. The van der Waals surface area contributed by atoms with Crippen LogP contribution >= 0.6 is 0 Å². The van der Waals surface area contributed by atoms with E-state index in [0.717, 1.165) is 0 Å². The van der Waals surface area contributed by atoms with E-state index in [1.54, 1.807) is 41.5 Å². The maximum absolute atomic E-state index is 12.4. The monoisotopic (exact) mass is 302 g/mol. The first kappa shape index (κ1) is 19.9. The molecule has 4 N–H and O–H groups in total.